The Balaban J connectivity index is -0.00000000450. The van der Waals surface area contributed by atoms with Crippen LogP contribution in [0.5, 0.6) is 0 Å². The monoisotopic (exact) mass is 94.1 g/mol. The van der Waals surface area contributed by atoms with Crippen LogP contribution in [0, 0.1) is 0 Å². The van der Waals surface area contributed by atoms with Gasteiger partial charge in [-0.2, -0.15) is 0 Å². The molecule has 0 saturated carbocycles. The first-order chi connectivity index (χ1) is 1.73. The fourth-order valence-corrected chi connectivity index (χ4v) is 0. The van der Waals surface area contributed by atoms with Gasteiger partial charge >= 0.3 is 37.7 Å². The molecule has 0 aliphatic heterocycles. The summed E-state index contributed by atoms with van der Waals surface area (Å²) in [4.78, 5) is 9.00. The van der Waals surface area contributed by atoms with E-state index in [0.29, 0.717) is 0 Å². The fraction of sp³-hybridized carbons (Fsp3) is 0.500. The van der Waals surface area contributed by atoms with Crippen LogP contribution >= 0.6 is 0 Å². The molecule has 0 radical (unpaired) electrons. The van der Waals surface area contributed by atoms with Crippen LogP contribution in [0.3, 0.4) is 0 Å². The van der Waals surface area contributed by atoms with E-state index in [-0.39, 0.29) is 46.1 Å². The van der Waals surface area contributed by atoms with E-state index >= 15 is 0 Å². The van der Waals surface area contributed by atoms with Gasteiger partial charge in [-0.05, 0) is 0 Å². The second kappa shape index (κ2) is 16.0. The molecule has 0 rings (SSSR count). The molecule has 0 aliphatic rings. The molecule has 0 aromatic rings. The van der Waals surface area contributed by atoms with Crippen molar-refractivity contribution in [2.24, 2.45) is 0 Å². The van der Waals surface area contributed by atoms with E-state index in [1.165, 1.54) is 0 Å². The molecule has 0 spiro atoms. The number of hydrogen-bond acceptors (Lipinski definition) is 1. The maximum Gasteiger partial charge on any atom is 1.00 e. The van der Waals surface area contributed by atoms with Crippen molar-refractivity contribution in [3.05, 3.63) is 0 Å². The summed E-state index contributed by atoms with van der Waals surface area (Å²) in [6.45, 7) is 1.08. The number of carboxylic acids is 1. The Morgan fingerprint density at radius 3 is 1.57 bits per heavy atom. The topological polar surface area (TPSA) is 68.8 Å². The van der Waals surface area contributed by atoms with Gasteiger partial charge in [0, 0.05) is 6.92 Å². The quantitative estimate of drug-likeness (QED) is 0.303. The Kier molecular flexibility index (Phi) is 58.0. The molecule has 0 fully saturated rings. The predicted molar refractivity (Wildman–Crippen MR) is 19.1 cm³/mol. The zero-order valence-corrected chi connectivity index (χ0v) is 4.86. The second-order valence-corrected chi connectivity index (χ2v) is 0.519. The summed E-state index contributed by atoms with van der Waals surface area (Å²) in [5.41, 5.74) is 0. The molecule has 0 saturated heterocycles. The molecular formula is C2H8Li2O3. The molecule has 0 aliphatic carbocycles. The van der Waals surface area contributed by atoms with Gasteiger partial charge in [0.15, 0.2) is 0 Å². The van der Waals surface area contributed by atoms with Crippen LogP contribution in [0.4, 0.5) is 0 Å². The van der Waals surface area contributed by atoms with Gasteiger partial charge in [0.05, 0.1) is 0 Å². The van der Waals surface area contributed by atoms with Crippen molar-refractivity contribution in [1.82, 2.24) is 0 Å². The molecule has 3 nitrogen and oxygen atoms in total. The summed E-state index contributed by atoms with van der Waals surface area (Å²) in [5.74, 6) is -0.833. The maximum atomic E-state index is 9.00. The van der Waals surface area contributed by atoms with Crippen LogP contribution in [0.1, 0.15) is 9.78 Å². The largest absolute Gasteiger partial charge is 1.00 e. The van der Waals surface area contributed by atoms with Gasteiger partial charge in [-0.1, -0.05) is 0 Å². The zero-order chi connectivity index (χ0) is 3.58. The van der Waals surface area contributed by atoms with E-state index in [4.69, 9.17) is 9.90 Å². The Labute approximate surface area is 69.1 Å². The summed E-state index contributed by atoms with van der Waals surface area (Å²) >= 11 is 0. The summed E-state index contributed by atoms with van der Waals surface area (Å²) in [7, 11) is 0. The van der Waals surface area contributed by atoms with Crippen LogP contribution in [-0.2, 0) is 4.79 Å². The van der Waals surface area contributed by atoms with Crippen LogP contribution in [0.2, 0.25) is 0 Å². The number of rotatable bonds is 0. The summed E-state index contributed by atoms with van der Waals surface area (Å²) < 4.78 is 0. The van der Waals surface area contributed by atoms with E-state index in [0.717, 1.165) is 6.92 Å². The molecular weight excluding hydrogens is 85.9 g/mol. The molecule has 0 heterocycles. The third-order valence-corrected chi connectivity index (χ3v) is 0. The van der Waals surface area contributed by atoms with Crippen LogP contribution in [0.15, 0.2) is 0 Å². The normalized spacial score (nSPS) is 3.57. The molecule has 3 N–H and O–H groups in total. The van der Waals surface area contributed by atoms with E-state index in [1.807, 2.05) is 0 Å². The molecule has 0 unspecified atom stereocenters. The van der Waals surface area contributed by atoms with E-state index in [1.54, 1.807) is 0 Å². The molecule has 0 aromatic heterocycles. The summed E-state index contributed by atoms with van der Waals surface area (Å²) in [6, 6.07) is 0. The van der Waals surface area contributed by atoms with Gasteiger partial charge < -0.3 is 13.4 Å². The van der Waals surface area contributed by atoms with E-state index in [2.05, 4.69) is 0 Å². The van der Waals surface area contributed by atoms with Gasteiger partial charge in [-0.25, -0.2) is 0 Å². The molecule has 0 amide bonds. The molecule has 0 atom stereocenters. The Morgan fingerprint density at radius 2 is 1.57 bits per heavy atom. The molecule has 0 aromatic carbocycles. The van der Waals surface area contributed by atoms with Gasteiger partial charge in [0.1, 0.15) is 0 Å². The summed E-state index contributed by atoms with van der Waals surface area (Å²) in [6.07, 6.45) is 0. The van der Waals surface area contributed by atoms with Gasteiger partial charge in [-0.15, -0.1) is 0 Å². The Bertz CT molecular complexity index is 40.8. The molecule has 5 heteroatoms. The zero-order valence-electron chi connectivity index (χ0n) is 6.86. The van der Waals surface area contributed by atoms with Gasteiger partial charge in [0.2, 0.25) is 0 Å². The van der Waals surface area contributed by atoms with Crippen molar-refractivity contribution in [3.63, 3.8) is 0 Å². The van der Waals surface area contributed by atoms with Crippen molar-refractivity contribution in [3.8, 4) is 0 Å². The van der Waals surface area contributed by atoms with E-state index < -0.39 is 5.97 Å². The average Bonchev–Trinajstić information content (AvgIpc) is 0.811. The minimum absolute atomic E-state index is 0. The first-order valence-corrected chi connectivity index (χ1v) is 0.928. The van der Waals surface area contributed by atoms with Crippen molar-refractivity contribution in [2.45, 2.75) is 6.92 Å². The number of aliphatic carboxylic acids is 1. The number of carboxylic acid groups (broad SMARTS) is 1. The summed E-state index contributed by atoms with van der Waals surface area (Å²) in [5, 5.41) is 7.42. The molecule has 36 valence electrons. The number of carbonyl (C=O) groups is 1. The van der Waals surface area contributed by atoms with Crippen molar-refractivity contribution in [2.75, 3.05) is 0 Å². The predicted octanol–water partition coefficient (Wildman–Crippen LogP) is -6.50. The fourth-order valence-electron chi connectivity index (χ4n) is 0. The van der Waals surface area contributed by atoms with Gasteiger partial charge in [0.25, 0.3) is 5.97 Å². The van der Waals surface area contributed by atoms with Crippen molar-refractivity contribution in [1.29, 1.82) is 0 Å². The third kappa shape index (κ3) is 363. The van der Waals surface area contributed by atoms with Gasteiger partial charge in [-0.3, -0.25) is 4.79 Å². The minimum Gasteiger partial charge on any atom is -1.00 e. The first kappa shape index (κ1) is 25.5. The minimum atomic E-state index is -0.833. The maximum absolute atomic E-state index is 9.00. The van der Waals surface area contributed by atoms with E-state index in [9.17, 15) is 0 Å². The molecule has 7 heavy (non-hydrogen) atoms. The Morgan fingerprint density at radius 1 is 1.57 bits per heavy atom. The SMILES string of the molecule is CC(=O)O.O.[H-].[H-].[Li+].[Li+]. The van der Waals surface area contributed by atoms with Crippen LogP contribution < -0.4 is 37.7 Å². The standard InChI is InChI=1S/C2H4O2.2Li.H2O.2H/c1-2(3)4;;;;;/h1H3,(H,3,4);;;1H2;;/q;2*+1;;2*-1. The smallest absolute Gasteiger partial charge is 1.00 e. The van der Waals surface area contributed by atoms with Crippen LogP contribution in [0.25, 0.3) is 0 Å². The Hall–Kier alpha value is 0.625. The third-order valence-electron chi connectivity index (χ3n) is 0. The first-order valence-electron chi connectivity index (χ1n) is 0.928. The van der Waals surface area contributed by atoms with Crippen molar-refractivity contribution < 1.29 is 56.0 Å². The second-order valence-electron chi connectivity index (χ2n) is 0.519. The van der Waals surface area contributed by atoms with Crippen LogP contribution in [-0.4, -0.2) is 16.6 Å². The van der Waals surface area contributed by atoms with Crippen molar-refractivity contribution >= 4 is 5.97 Å². The number of hydrogen-bond donors (Lipinski definition) is 1. The molecule has 0 bridgehead atoms. The average molecular weight is 94.0 g/mol.